The molecule has 14 heteroatoms. The number of methoxy groups -OCH3 is 1. The van der Waals surface area contributed by atoms with Crippen molar-refractivity contribution in [1.29, 1.82) is 0 Å². The van der Waals surface area contributed by atoms with Gasteiger partial charge in [-0.25, -0.2) is 14.8 Å². The van der Waals surface area contributed by atoms with E-state index in [1.165, 1.54) is 29.4 Å². The number of fused-ring (bicyclic) bond motifs is 2. The molecule has 1 atom stereocenters. The van der Waals surface area contributed by atoms with E-state index in [0.29, 0.717) is 26.5 Å². The number of hydrogen-bond acceptors (Lipinski definition) is 9. The number of ether oxygens (including phenoxy) is 2. The van der Waals surface area contributed by atoms with Crippen molar-refractivity contribution < 1.29 is 33.0 Å². The van der Waals surface area contributed by atoms with Gasteiger partial charge in [-0.3, -0.25) is 25.0 Å². The number of aromatic nitrogens is 2. The molecule has 0 bridgehead atoms. The predicted molar refractivity (Wildman–Crippen MR) is 147 cm³/mol. The van der Waals surface area contributed by atoms with Crippen LogP contribution >= 0.6 is 11.3 Å². The number of rotatable bonds is 7. The molecule has 0 radical (unpaired) electrons. The van der Waals surface area contributed by atoms with Crippen molar-refractivity contribution in [2.45, 2.75) is 64.8 Å². The van der Waals surface area contributed by atoms with Crippen LogP contribution in [0.5, 0.6) is 11.5 Å². The molecule has 2 aliphatic heterocycles. The molecule has 12 nitrogen and oxygen atoms in total. The zero-order chi connectivity index (χ0) is 29.6. The topological polar surface area (TPSA) is 152 Å². The van der Waals surface area contributed by atoms with Gasteiger partial charge in [0.2, 0.25) is 17.6 Å². The number of pyridine rings is 1. The molecule has 1 unspecified atom stereocenters. The Labute approximate surface area is 238 Å². The molecule has 41 heavy (non-hydrogen) atoms. The molecule has 1 saturated heterocycles. The van der Waals surface area contributed by atoms with Crippen molar-refractivity contribution >= 4 is 51.1 Å². The number of hydrogen-bond donors (Lipinski definition) is 3. The summed E-state index contributed by atoms with van der Waals surface area (Å²) in [7, 11) is 1.37. The summed E-state index contributed by atoms with van der Waals surface area (Å²) in [4.78, 5) is 60.0. The Morgan fingerprint density at radius 3 is 2.68 bits per heavy atom. The van der Waals surface area contributed by atoms with Gasteiger partial charge in [0.1, 0.15) is 22.4 Å². The summed E-state index contributed by atoms with van der Waals surface area (Å²) in [6.07, 6.45) is 0.0900. The molecule has 2 aromatic heterocycles. The zero-order valence-corrected chi connectivity index (χ0v) is 23.9. The summed E-state index contributed by atoms with van der Waals surface area (Å²) in [5.74, 6) is -1.66. The molecule has 3 aromatic rings. The molecule has 0 aliphatic carbocycles. The van der Waals surface area contributed by atoms with E-state index in [-0.39, 0.29) is 54.6 Å². The van der Waals surface area contributed by atoms with Gasteiger partial charge < -0.3 is 19.7 Å². The van der Waals surface area contributed by atoms with Gasteiger partial charge in [0.25, 0.3) is 5.91 Å². The molecule has 1 aromatic carbocycles. The lowest BCUT2D eigenvalue weighted by Crippen LogP contribution is -2.52. The molecule has 0 spiro atoms. The van der Waals surface area contributed by atoms with Crippen LogP contribution in [0.25, 0.3) is 10.2 Å². The highest BCUT2D eigenvalue weighted by Gasteiger charge is 2.40. The van der Waals surface area contributed by atoms with Crippen LogP contribution in [0.4, 0.5) is 15.0 Å². The summed E-state index contributed by atoms with van der Waals surface area (Å²) in [5.41, 5.74) is 0.105. The van der Waals surface area contributed by atoms with Gasteiger partial charge in [-0.1, -0.05) is 0 Å². The summed E-state index contributed by atoms with van der Waals surface area (Å²) < 4.78 is 26.5. The summed E-state index contributed by atoms with van der Waals surface area (Å²) in [6, 6.07) is 3.25. The van der Waals surface area contributed by atoms with E-state index in [4.69, 9.17) is 9.47 Å². The van der Waals surface area contributed by atoms with Crippen molar-refractivity contribution in [2.24, 2.45) is 0 Å². The maximum absolute atomic E-state index is 15.0. The first-order valence-electron chi connectivity index (χ1n) is 13.0. The fraction of sp³-hybridized carbons (Fsp3) is 0.407. The number of thiazole rings is 1. The van der Waals surface area contributed by atoms with Crippen LogP contribution in [0.1, 0.15) is 61.6 Å². The molecular weight excluding hydrogens is 555 g/mol. The van der Waals surface area contributed by atoms with E-state index in [1.54, 1.807) is 39.8 Å². The van der Waals surface area contributed by atoms with Crippen LogP contribution in [0.2, 0.25) is 0 Å². The van der Waals surface area contributed by atoms with E-state index in [0.717, 1.165) is 0 Å². The number of carbonyl (C=O) groups is 4. The first-order chi connectivity index (χ1) is 19.4. The molecule has 4 heterocycles. The van der Waals surface area contributed by atoms with Gasteiger partial charge in [0, 0.05) is 12.5 Å². The predicted octanol–water partition coefficient (Wildman–Crippen LogP) is 3.44. The third-order valence-electron chi connectivity index (χ3n) is 6.69. The fourth-order valence-corrected chi connectivity index (χ4v) is 5.79. The molecule has 216 valence electrons. The molecular formula is C27H29FN6O6S. The Bertz CT molecular complexity index is 1590. The number of anilines is 1. The number of urea groups is 1. The maximum Gasteiger partial charge on any atom is 0.321 e. The van der Waals surface area contributed by atoms with E-state index in [2.05, 4.69) is 25.9 Å². The normalized spacial score (nSPS) is 17.1. The Hall–Kier alpha value is -4.33. The van der Waals surface area contributed by atoms with Gasteiger partial charge in [-0.05, 0) is 46.2 Å². The summed E-state index contributed by atoms with van der Waals surface area (Å²) >= 11 is 1.27. The SMILES string of the molecule is COc1cc2sc(C(C)(C)NC(=O)Nc3ccc4c(n3)CN(C3CCC(=O)NC3=O)C4=O)nc2c(OC(C)C)c1F. The highest BCUT2D eigenvalue weighted by Crippen LogP contribution is 2.40. The first-order valence-corrected chi connectivity index (χ1v) is 13.8. The smallest absolute Gasteiger partial charge is 0.321 e. The maximum atomic E-state index is 15.0. The van der Waals surface area contributed by atoms with Gasteiger partial charge >= 0.3 is 6.03 Å². The Kier molecular flexibility index (Phi) is 7.28. The lowest BCUT2D eigenvalue weighted by molar-refractivity contribution is -0.136. The number of benzene rings is 1. The molecule has 5 amide bonds. The van der Waals surface area contributed by atoms with Crippen LogP contribution in [-0.4, -0.2) is 57.9 Å². The van der Waals surface area contributed by atoms with E-state index < -0.39 is 29.3 Å². The molecule has 5 rings (SSSR count). The average molecular weight is 585 g/mol. The number of imide groups is 1. The summed E-state index contributed by atoms with van der Waals surface area (Å²) in [6.45, 7) is 7.16. The van der Waals surface area contributed by atoms with Gasteiger partial charge in [0.15, 0.2) is 11.5 Å². The molecule has 3 N–H and O–H groups in total. The lowest BCUT2D eigenvalue weighted by atomic mass is 10.0. The third kappa shape index (κ3) is 5.38. The number of carbonyl (C=O) groups excluding carboxylic acids is 4. The monoisotopic (exact) mass is 584 g/mol. The zero-order valence-electron chi connectivity index (χ0n) is 23.1. The second-order valence-corrected chi connectivity index (χ2v) is 11.6. The average Bonchev–Trinajstić information content (AvgIpc) is 3.47. The lowest BCUT2D eigenvalue weighted by Gasteiger charge is -2.29. The number of halogens is 1. The number of piperidine rings is 1. The highest BCUT2D eigenvalue weighted by atomic mass is 32.1. The number of amides is 5. The molecule has 0 saturated carbocycles. The number of nitrogens with zero attached hydrogens (tertiary/aromatic N) is 3. The van der Waals surface area contributed by atoms with Crippen LogP contribution in [0, 0.1) is 5.82 Å². The minimum absolute atomic E-state index is 0.0136. The quantitative estimate of drug-likeness (QED) is 0.357. The molecule has 1 fully saturated rings. The van der Waals surface area contributed by atoms with Gasteiger partial charge in [-0.15, -0.1) is 11.3 Å². The second-order valence-electron chi connectivity index (χ2n) is 10.5. The first kappa shape index (κ1) is 28.2. The highest BCUT2D eigenvalue weighted by molar-refractivity contribution is 7.18. The van der Waals surface area contributed by atoms with Crippen LogP contribution in [-0.2, 0) is 21.7 Å². The Morgan fingerprint density at radius 1 is 1.24 bits per heavy atom. The van der Waals surface area contributed by atoms with Crippen molar-refractivity contribution in [1.82, 2.24) is 25.5 Å². The van der Waals surface area contributed by atoms with Gasteiger partial charge in [-0.2, -0.15) is 4.39 Å². The minimum atomic E-state index is -0.970. The van der Waals surface area contributed by atoms with Crippen LogP contribution < -0.4 is 25.4 Å². The standard InChI is InChI=1S/C27H29FN6O6S/c1-12(2)40-22-20(28)16(39-5)10-17-21(22)32-25(41-17)27(3,4)33-26(38)30-18-8-6-13-14(29-18)11-34(24(13)37)15-7-9-19(35)31-23(15)36/h6,8,10,12,15H,7,9,11H2,1-5H3,(H,31,35,36)(H2,29,30,33,38). The largest absolute Gasteiger partial charge is 0.493 e. The van der Waals surface area contributed by atoms with E-state index in [9.17, 15) is 23.6 Å². The second kappa shape index (κ2) is 10.6. The van der Waals surface area contributed by atoms with E-state index >= 15 is 0 Å². The number of nitrogens with one attached hydrogen (secondary N) is 3. The van der Waals surface area contributed by atoms with Gasteiger partial charge in [0.05, 0.1) is 41.3 Å². The van der Waals surface area contributed by atoms with Crippen molar-refractivity contribution in [2.75, 3.05) is 12.4 Å². The van der Waals surface area contributed by atoms with Crippen molar-refractivity contribution in [3.63, 3.8) is 0 Å². The fourth-order valence-electron chi connectivity index (χ4n) is 4.74. The van der Waals surface area contributed by atoms with Crippen molar-refractivity contribution in [3.05, 3.63) is 40.3 Å². The Balaban J connectivity index is 1.31. The molecule has 2 aliphatic rings. The van der Waals surface area contributed by atoms with E-state index in [1.807, 2.05) is 0 Å². The Morgan fingerprint density at radius 2 is 2.00 bits per heavy atom. The third-order valence-corrected chi connectivity index (χ3v) is 8.02. The van der Waals surface area contributed by atoms with Crippen molar-refractivity contribution in [3.8, 4) is 11.5 Å². The van der Waals surface area contributed by atoms with Crippen LogP contribution in [0.15, 0.2) is 18.2 Å². The minimum Gasteiger partial charge on any atom is -0.493 e. The summed E-state index contributed by atoms with van der Waals surface area (Å²) in [5, 5.41) is 8.31. The van der Waals surface area contributed by atoms with Crippen LogP contribution in [0.3, 0.4) is 0 Å².